The molecule has 108 valence electrons. The minimum absolute atomic E-state index is 0.712. The molecule has 0 radical (unpaired) electrons. The van der Waals surface area contributed by atoms with E-state index in [1.165, 1.54) is 22.3 Å². The van der Waals surface area contributed by atoms with Crippen molar-refractivity contribution in [3.63, 3.8) is 0 Å². The molecule has 0 nitrogen and oxygen atoms in total. The van der Waals surface area contributed by atoms with Crippen LogP contribution in [-0.4, -0.2) is 0 Å². The minimum Gasteiger partial charge on any atom is -0.0625 e. The summed E-state index contributed by atoms with van der Waals surface area (Å²) in [6, 6.07) is 17.4. The first-order valence-electron chi connectivity index (χ1n) is 7.64. The lowest BCUT2D eigenvalue weighted by molar-refractivity contribution is 0.647. The van der Waals surface area contributed by atoms with Crippen LogP contribution in [0, 0.1) is 12.8 Å². The molecule has 21 heavy (non-hydrogen) atoms. The quantitative estimate of drug-likeness (QED) is 0.595. The average molecular weight is 276 g/mol. The lowest BCUT2D eigenvalue weighted by Gasteiger charge is -2.04. The predicted molar refractivity (Wildman–Crippen MR) is 94.2 cm³/mol. The van der Waals surface area contributed by atoms with Gasteiger partial charge in [-0.05, 0) is 36.0 Å². The molecule has 0 spiro atoms. The molecule has 0 aliphatic heterocycles. The molecule has 0 bridgehead atoms. The number of allylic oxidation sites excluding steroid dienone is 2. The molecule has 0 aliphatic rings. The van der Waals surface area contributed by atoms with Gasteiger partial charge in [-0.25, -0.2) is 0 Å². The molecule has 0 aliphatic carbocycles. The molecule has 0 aromatic heterocycles. The van der Waals surface area contributed by atoms with Crippen molar-refractivity contribution in [2.45, 2.75) is 27.2 Å². The Balaban J connectivity index is 1.93. The van der Waals surface area contributed by atoms with E-state index >= 15 is 0 Å². The van der Waals surface area contributed by atoms with Crippen molar-refractivity contribution in [1.29, 1.82) is 0 Å². The van der Waals surface area contributed by atoms with E-state index in [4.69, 9.17) is 0 Å². The minimum atomic E-state index is 0.712. The second kappa shape index (κ2) is 7.64. The fourth-order valence-electron chi connectivity index (χ4n) is 2.25. The van der Waals surface area contributed by atoms with Gasteiger partial charge in [-0.3, -0.25) is 0 Å². The highest BCUT2D eigenvalue weighted by Gasteiger charge is 1.96. The molecule has 0 unspecified atom stereocenters. The van der Waals surface area contributed by atoms with Crippen molar-refractivity contribution < 1.29 is 0 Å². The SMILES string of the molecule is Cc1ccc(/C=C/C=C/c2ccc(CC(C)C)cc2)cc1. The Kier molecular flexibility index (Phi) is 5.57. The highest BCUT2D eigenvalue weighted by Crippen LogP contribution is 2.11. The Morgan fingerprint density at radius 3 is 1.71 bits per heavy atom. The zero-order chi connectivity index (χ0) is 15.1. The van der Waals surface area contributed by atoms with Gasteiger partial charge < -0.3 is 0 Å². The molecule has 0 heteroatoms. The zero-order valence-electron chi connectivity index (χ0n) is 13.2. The lowest BCUT2D eigenvalue weighted by atomic mass is 10.0. The van der Waals surface area contributed by atoms with E-state index in [2.05, 4.69) is 93.6 Å². The molecular weight excluding hydrogens is 252 g/mol. The van der Waals surface area contributed by atoms with Crippen molar-refractivity contribution >= 4 is 12.2 Å². The average Bonchev–Trinajstić information content (AvgIpc) is 2.46. The zero-order valence-corrected chi connectivity index (χ0v) is 13.2. The van der Waals surface area contributed by atoms with Crippen LogP contribution in [0.5, 0.6) is 0 Å². The molecular formula is C21H24. The molecule has 0 heterocycles. The Labute approximate surface area is 128 Å². The van der Waals surface area contributed by atoms with E-state index in [0.717, 1.165) is 6.42 Å². The molecule has 2 aromatic rings. The van der Waals surface area contributed by atoms with Gasteiger partial charge in [0.2, 0.25) is 0 Å². The van der Waals surface area contributed by atoms with Crippen molar-refractivity contribution in [3.05, 3.63) is 82.9 Å². The highest BCUT2D eigenvalue weighted by molar-refractivity contribution is 5.57. The van der Waals surface area contributed by atoms with Gasteiger partial charge in [-0.2, -0.15) is 0 Å². The maximum Gasteiger partial charge on any atom is -0.0256 e. The first-order valence-corrected chi connectivity index (χ1v) is 7.64. The number of rotatable bonds is 5. The fourth-order valence-corrected chi connectivity index (χ4v) is 2.25. The summed E-state index contributed by atoms with van der Waals surface area (Å²) in [6.45, 7) is 6.61. The summed E-state index contributed by atoms with van der Waals surface area (Å²) in [7, 11) is 0. The van der Waals surface area contributed by atoms with Gasteiger partial charge in [-0.15, -0.1) is 0 Å². The normalized spacial score (nSPS) is 11.8. The maximum atomic E-state index is 2.25. The summed E-state index contributed by atoms with van der Waals surface area (Å²) in [5.74, 6) is 0.712. The standard InChI is InChI=1S/C21H24/c1-17(2)16-21-14-12-20(13-15-21)7-5-4-6-19-10-8-18(3)9-11-19/h4-15,17H,16H2,1-3H3/b6-4+,7-5+. The Bertz CT molecular complexity index is 595. The van der Waals surface area contributed by atoms with E-state index in [-0.39, 0.29) is 0 Å². The lowest BCUT2D eigenvalue weighted by Crippen LogP contribution is -1.93. The number of aryl methyl sites for hydroxylation is 1. The second-order valence-electron chi connectivity index (χ2n) is 5.97. The van der Waals surface area contributed by atoms with E-state index in [0.29, 0.717) is 5.92 Å². The topological polar surface area (TPSA) is 0 Å². The second-order valence-corrected chi connectivity index (χ2v) is 5.97. The summed E-state index contributed by atoms with van der Waals surface area (Å²) in [5.41, 5.74) is 5.19. The van der Waals surface area contributed by atoms with E-state index < -0.39 is 0 Å². The van der Waals surface area contributed by atoms with Gasteiger partial charge in [0.1, 0.15) is 0 Å². The summed E-state index contributed by atoms with van der Waals surface area (Å²) >= 11 is 0. The monoisotopic (exact) mass is 276 g/mol. The van der Waals surface area contributed by atoms with E-state index in [9.17, 15) is 0 Å². The van der Waals surface area contributed by atoms with Crippen LogP contribution in [0.2, 0.25) is 0 Å². The summed E-state index contributed by atoms with van der Waals surface area (Å²) in [4.78, 5) is 0. The Morgan fingerprint density at radius 2 is 1.24 bits per heavy atom. The van der Waals surface area contributed by atoms with Crippen LogP contribution < -0.4 is 0 Å². The summed E-state index contributed by atoms with van der Waals surface area (Å²) in [5, 5.41) is 0. The third kappa shape index (κ3) is 5.43. The van der Waals surface area contributed by atoms with Crippen LogP contribution in [0.1, 0.15) is 36.1 Å². The fraction of sp³-hybridized carbons (Fsp3) is 0.238. The molecule has 0 saturated carbocycles. The molecule has 0 atom stereocenters. The number of benzene rings is 2. The Morgan fingerprint density at radius 1 is 0.762 bits per heavy atom. The number of hydrogen-bond donors (Lipinski definition) is 0. The van der Waals surface area contributed by atoms with Crippen LogP contribution in [0.4, 0.5) is 0 Å². The molecule has 0 amide bonds. The summed E-state index contributed by atoms with van der Waals surface area (Å²) in [6.07, 6.45) is 9.61. The first kappa shape index (κ1) is 15.3. The van der Waals surface area contributed by atoms with E-state index in [1.807, 2.05) is 0 Å². The molecule has 0 fully saturated rings. The van der Waals surface area contributed by atoms with Crippen molar-refractivity contribution in [1.82, 2.24) is 0 Å². The van der Waals surface area contributed by atoms with Crippen LogP contribution >= 0.6 is 0 Å². The van der Waals surface area contributed by atoms with Gasteiger partial charge in [-0.1, -0.05) is 92.2 Å². The summed E-state index contributed by atoms with van der Waals surface area (Å²) < 4.78 is 0. The van der Waals surface area contributed by atoms with Crippen molar-refractivity contribution in [3.8, 4) is 0 Å². The Hall–Kier alpha value is -2.08. The third-order valence-corrected chi connectivity index (χ3v) is 3.39. The van der Waals surface area contributed by atoms with Crippen molar-refractivity contribution in [2.24, 2.45) is 5.92 Å². The first-order chi connectivity index (χ1) is 10.1. The van der Waals surface area contributed by atoms with Gasteiger partial charge in [0.15, 0.2) is 0 Å². The molecule has 2 aromatic carbocycles. The number of hydrogen-bond acceptors (Lipinski definition) is 0. The third-order valence-electron chi connectivity index (χ3n) is 3.39. The molecule has 2 rings (SSSR count). The van der Waals surface area contributed by atoms with Crippen LogP contribution in [0.25, 0.3) is 12.2 Å². The van der Waals surface area contributed by atoms with Gasteiger partial charge in [0.25, 0.3) is 0 Å². The molecule has 0 saturated heterocycles. The highest BCUT2D eigenvalue weighted by atomic mass is 14.0. The van der Waals surface area contributed by atoms with E-state index in [1.54, 1.807) is 0 Å². The van der Waals surface area contributed by atoms with Gasteiger partial charge in [0.05, 0.1) is 0 Å². The van der Waals surface area contributed by atoms with Gasteiger partial charge in [0, 0.05) is 0 Å². The van der Waals surface area contributed by atoms with Gasteiger partial charge >= 0.3 is 0 Å². The van der Waals surface area contributed by atoms with Crippen LogP contribution in [0.15, 0.2) is 60.7 Å². The smallest absolute Gasteiger partial charge is 0.0256 e. The van der Waals surface area contributed by atoms with Crippen LogP contribution in [-0.2, 0) is 6.42 Å². The van der Waals surface area contributed by atoms with Crippen LogP contribution in [0.3, 0.4) is 0 Å². The van der Waals surface area contributed by atoms with Crippen molar-refractivity contribution in [2.75, 3.05) is 0 Å². The maximum absolute atomic E-state index is 2.25. The largest absolute Gasteiger partial charge is 0.0625 e. The predicted octanol–water partition coefficient (Wildman–Crippen LogP) is 5.92. The molecule has 0 N–H and O–H groups in total.